The third kappa shape index (κ3) is 8.11. The topological polar surface area (TPSA) is 87.3 Å². The molecular formula is C25H32BrN3O3. The summed E-state index contributed by atoms with van der Waals surface area (Å²) in [5, 5.41) is 8.32. The van der Waals surface area contributed by atoms with Crippen LogP contribution in [0, 0.1) is 5.92 Å². The molecule has 1 unspecified atom stereocenters. The van der Waals surface area contributed by atoms with Crippen molar-refractivity contribution in [2.75, 3.05) is 7.05 Å². The van der Waals surface area contributed by atoms with E-state index >= 15 is 0 Å². The van der Waals surface area contributed by atoms with Crippen molar-refractivity contribution < 1.29 is 14.4 Å². The number of hydrogen-bond donors (Lipinski definition) is 3. The number of hydrogen-bond acceptors (Lipinski definition) is 3. The van der Waals surface area contributed by atoms with Gasteiger partial charge in [-0.05, 0) is 29.9 Å². The van der Waals surface area contributed by atoms with E-state index in [0.29, 0.717) is 19.3 Å². The highest BCUT2D eigenvalue weighted by Crippen LogP contribution is 2.13. The molecule has 3 N–H and O–H groups in total. The summed E-state index contributed by atoms with van der Waals surface area (Å²) in [4.78, 5) is 37.9. The third-order valence-electron chi connectivity index (χ3n) is 5.20. The Kier molecular flexibility index (Phi) is 10.4. The second-order valence-electron chi connectivity index (χ2n) is 8.10. The minimum Gasteiger partial charge on any atom is -0.357 e. The fraction of sp³-hybridized carbons (Fsp3) is 0.400. The molecule has 0 aliphatic rings. The number of amides is 3. The van der Waals surface area contributed by atoms with Crippen molar-refractivity contribution in [3.63, 3.8) is 0 Å². The van der Waals surface area contributed by atoms with E-state index in [0.717, 1.165) is 11.1 Å². The lowest BCUT2D eigenvalue weighted by atomic mass is 10.0. The van der Waals surface area contributed by atoms with Gasteiger partial charge < -0.3 is 16.0 Å². The second-order valence-corrected chi connectivity index (χ2v) is 9.08. The predicted molar refractivity (Wildman–Crippen MR) is 130 cm³/mol. The molecule has 0 fully saturated rings. The number of carbonyl (C=O) groups is 3. The van der Waals surface area contributed by atoms with Crippen LogP contribution in [0.1, 0.15) is 31.4 Å². The molecule has 172 valence electrons. The van der Waals surface area contributed by atoms with Gasteiger partial charge in [-0.3, -0.25) is 14.4 Å². The molecular weight excluding hydrogens is 470 g/mol. The number of rotatable bonds is 11. The van der Waals surface area contributed by atoms with Crippen molar-refractivity contribution in [2.24, 2.45) is 5.92 Å². The Balaban J connectivity index is 2.15. The van der Waals surface area contributed by atoms with Gasteiger partial charge in [-0.25, -0.2) is 0 Å². The molecule has 3 amide bonds. The minimum atomic E-state index is -0.760. The Bertz CT molecular complexity index is 875. The fourth-order valence-corrected chi connectivity index (χ4v) is 3.42. The van der Waals surface area contributed by atoms with E-state index in [1.807, 2.05) is 74.5 Å². The fourth-order valence-electron chi connectivity index (χ4n) is 3.28. The molecule has 7 heteroatoms. The van der Waals surface area contributed by atoms with E-state index in [2.05, 4.69) is 31.9 Å². The lowest BCUT2D eigenvalue weighted by molar-refractivity contribution is -0.132. The van der Waals surface area contributed by atoms with Crippen molar-refractivity contribution in [2.45, 2.75) is 50.0 Å². The molecule has 6 nitrogen and oxygen atoms in total. The number of alkyl halides is 1. The summed E-state index contributed by atoms with van der Waals surface area (Å²) in [5.41, 5.74) is 2.01. The monoisotopic (exact) mass is 501 g/mol. The van der Waals surface area contributed by atoms with Crippen molar-refractivity contribution in [3.8, 4) is 0 Å². The van der Waals surface area contributed by atoms with Gasteiger partial charge in [0.05, 0.1) is 4.83 Å². The smallest absolute Gasteiger partial charge is 0.243 e. The second kappa shape index (κ2) is 13.0. The maximum Gasteiger partial charge on any atom is 0.243 e. The SMILES string of the molecule is CNC(=O)[C@H](Cc1ccccc1)NC(=O)[C@@H](CCc1ccccc1)NC(=O)C(Br)C(C)C. The van der Waals surface area contributed by atoms with Crippen LogP contribution in [0.3, 0.4) is 0 Å². The quantitative estimate of drug-likeness (QED) is 0.413. The molecule has 0 aliphatic heterocycles. The molecule has 0 saturated heterocycles. The summed E-state index contributed by atoms with van der Waals surface area (Å²) in [6, 6.07) is 17.8. The Hall–Kier alpha value is -2.67. The molecule has 0 saturated carbocycles. The van der Waals surface area contributed by atoms with Crippen molar-refractivity contribution in [3.05, 3.63) is 71.8 Å². The van der Waals surface area contributed by atoms with E-state index in [4.69, 9.17) is 0 Å². The number of benzene rings is 2. The zero-order valence-electron chi connectivity index (χ0n) is 18.8. The number of aryl methyl sites for hydroxylation is 1. The van der Waals surface area contributed by atoms with Gasteiger partial charge in [-0.15, -0.1) is 0 Å². The van der Waals surface area contributed by atoms with E-state index in [1.165, 1.54) is 0 Å². The molecule has 32 heavy (non-hydrogen) atoms. The maximum atomic E-state index is 13.2. The summed E-state index contributed by atoms with van der Waals surface area (Å²) >= 11 is 3.40. The molecule has 0 radical (unpaired) electrons. The zero-order chi connectivity index (χ0) is 23.5. The van der Waals surface area contributed by atoms with Crippen LogP contribution < -0.4 is 16.0 Å². The van der Waals surface area contributed by atoms with Gasteiger partial charge in [0.25, 0.3) is 0 Å². The summed E-state index contributed by atoms with van der Waals surface area (Å²) in [5.74, 6) is -0.824. The Labute approximate surface area is 198 Å². The zero-order valence-corrected chi connectivity index (χ0v) is 20.4. The number of nitrogens with one attached hydrogen (secondary N) is 3. The van der Waals surface area contributed by atoms with Gasteiger partial charge in [-0.1, -0.05) is 90.4 Å². The first-order valence-electron chi connectivity index (χ1n) is 10.9. The molecule has 0 heterocycles. The first kappa shape index (κ1) is 25.6. The van der Waals surface area contributed by atoms with Crippen LogP contribution in [0.15, 0.2) is 60.7 Å². The standard InChI is InChI=1S/C25H32BrN3O3/c1-17(2)22(26)25(32)28-20(15-14-18-10-6-4-7-11-18)24(31)29-21(23(30)27-3)16-19-12-8-5-9-13-19/h4-13,17,20-22H,14-16H2,1-3H3,(H,27,30)(H,28,32)(H,29,31)/t20-,21+,22?/m1/s1. The van der Waals surface area contributed by atoms with E-state index in [9.17, 15) is 14.4 Å². The lowest BCUT2D eigenvalue weighted by Crippen LogP contribution is -2.55. The Morgan fingerprint density at radius 3 is 1.84 bits per heavy atom. The largest absolute Gasteiger partial charge is 0.357 e. The first-order valence-corrected chi connectivity index (χ1v) is 11.8. The van der Waals surface area contributed by atoms with Crippen molar-refractivity contribution in [1.29, 1.82) is 0 Å². The van der Waals surface area contributed by atoms with Gasteiger partial charge in [0, 0.05) is 13.5 Å². The molecule has 2 aromatic carbocycles. The van der Waals surface area contributed by atoms with Crippen LogP contribution >= 0.6 is 15.9 Å². The molecule has 0 aromatic heterocycles. The Morgan fingerprint density at radius 1 is 0.781 bits per heavy atom. The summed E-state index contributed by atoms with van der Waals surface area (Å²) in [6.07, 6.45) is 1.40. The summed E-state index contributed by atoms with van der Waals surface area (Å²) in [7, 11) is 1.54. The van der Waals surface area contributed by atoms with Crippen molar-refractivity contribution in [1.82, 2.24) is 16.0 Å². The maximum absolute atomic E-state index is 13.2. The van der Waals surface area contributed by atoms with Crippen LogP contribution in [0.25, 0.3) is 0 Å². The summed E-state index contributed by atoms with van der Waals surface area (Å²) < 4.78 is 0. The van der Waals surface area contributed by atoms with Gasteiger partial charge in [-0.2, -0.15) is 0 Å². The number of likely N-dealkylation sites (N-methyl/N-ethyl adjacent to an activating group) is 1. The van der Waals surface area contributed by atoms with Gasteiger partial charge >= 0.3 is 0 Å². The predicted octanol–water partition coefficient (Wildman–Crippen LogP) is 3.00. The molecule has 0 spiro atoms. The molecule has 2 rings (SSSR count). The third-order valence-corrected chi connectivity index (χ3v) is 6.67. The van der Waals surface area contributed by atoms with Crippen LogP contribution in [0.5, 0.6) is 0 Å². The molecule has 0 bridgehead atoms. The molecule has 0 aliphatic carbocycles. The average Bonchev–Trinajstić information content (AvgIpc) is 2.81. The van der Waals surface area contributed by atoms with Crippen LogP contribution in [-0.4, -0.2) is 41.7 Å². The first-order chi connectivity index (χ1) is 15.3. The highest BCUT2D eigenvalue weighted by Gasteiger charge is 2.29. The van der Waals surface area contributed by atoms with E-state index in [1.54, 1.807) is 7.05 Å². The van der Waals surface area contributed by atoms with Crippen LogP contribution in [0.2, 0.25) is 0 Å². The molecule has 2 aromatic rings. The van der Waals surface area contributed by atoms with Gasteiger partial charge in [0.15, 0.2) is 0 Å². The normalized spacial score (nSPS) is 13.7. The van der Waals surface area contributed by atoms with Gasteiger partial charge in [0.1, 0.15) is 12.1 Å². The van der Waals surface area contributed by atoms with Gasteiger partial charge in [0.2, 0.25) is 17.7 Å². The van der Waals surface area contributed by atoms with E-state index in [-0.39, 0.29) is 23.6 Å². The van der Waals surface area contributed by atoms with Crippen LogP contribution in [0.4, 0.5) is 0 Å². The van der Waals surface area contributed by atoms with Crippen molar-refractivity contribution >= 4 is 33.7 Å². The summed E-state index contributed by atoms with van der Waals surface area (Å²) in [6.45, 7) is 3.86. The van der Waals surface area contributed by atoms with E-state index < -0.39 is 16.9 Å². The molecule has 3 atom stereocenters. The van der Waals surface area contributed by atoms with Crippen LogP contribution in [-0.2, 0) is 27.2 Å². The highest BCUT2D eigenvalue weighted by molar-refractivity contribution is 9.10. The number of carbonyl (C=O) groups excluding carboxylic acids is 3. The highest BCUT2D eigenvalue weighted by atomic mass is 79.9. The number of halogens is 1. The Morgan fingerprint density at radius 2 is 1.31 bits per heavy atom. The minimum absolute atomic E-state index is 0.0736. The average molecular weight is 502 g/mol. The lowest BCUT2D eigenvalue weighted by Gasteiger charge is -2.24.